The predicted molar refractivity (Wildman–Crippen MR) is 163 cm³/mol. The highest BCUT2D eigenvalue weighted by Gasteiger charge is 2.29. The summed E-state index contributed by atoms with van der Waals surface area (Å²) in [5, 5.41) is 2.49. The van der Waals surface area contributed by atoms with Gasteiger partial charge in [-0.05, 0) is 77.4 Å². The quantitative estimate of drug-likeness (QED) is 0.313. The summed E-state index contributed by atoms with van der Waals surface area (Å²) in [7, 11) is 0. The monoisotopic (exact) mass is 634 g/mol. The van der Waals surface area contributed by atoms with Crippen molar-refractivity contribution in [1.29, 1.82) is 0 Å². The third-order valence-electron chi connectivity index (χ3n) is 7.02. The lowest BCUT2D eigenvalue weighted by atomic mass is 10.1. The van der Waals surface area contributed by atoms with Crippen LogP contribution in [0.3, 0.4) is 0 Å². The normalized spacial score (nSPS) is 12.9. The summed E-state index contributed by atoms with van der Waals surface area (Å²) < 4.78 is 42.0. The molecule has 12 nitrogen and oxygen atoms in total. The summed E-state index contributed by atoms with van der Waals surface area (Å²) in [6.07, 6.45) is 2.28. The molecule has 3 heterocycles. The van der Waals surface area contributed by atoms with Gasteiger partial charge in [-0.25, -0.2) is 32.9 Å². The molecule has 0 bridgehead atoms. The standard InChI is InChI=1S/C32H32F2N6O6/c1-18(2)39-15-23(29(42)40(30(39)43)21-9-6-19(33)7-10-21)27(41)37-20-8-11-26(24(34)14-20)45-28-22-12-13-38(16-25(22)35-17-36-28)31(44)46-32(3,4)5/h6-11,14-15,17-18H,12-13,16H2,1-5H3,(H,37,41). The highest BCUT2D eigenvalue weighted by molar-refractivity contribution is 6.03. The maximum absolute atomic E-state index is 15.2. The van der Waals surface area contributed by atoms with E-state index in [0.717, 1.165) is 29.0 Å². The van der Waals surface area contributed by atoms with E-state index in [-0.39, 0.29) is 35.1 Å². The van der Waals surface area contributed by atoms with Gasteiger partial charge >= 0.3 is 11.8 Å². The van der Waals surface area contributed by atoms with Crippen molar-refractivity contribution >= 4 is 17.7 Å². The lowest BCUT2D eigenvalue weighted by Gasteiger charge is -2.30. The van der Waals surface area contributed by atoms with Crippen LogP contribution in [0.15, 0.2) is 64.6 Å². The molecule has 14 heteroatoms. The van der Waals surface area contributed by atoms with Crippen LogP contribution in [-0.4, -0.2) is 48.1 Å². The topological polar surface area (TPSA) is 138 Å². The first kappa shape index (κ1) is 32.0. The Hall–Kier alpha value is -5.40. The Kier molecular flexibility index (Phi) is 8.72. The second-order valence-corrected chi connectivity index (χ2v) is 11.9. The van der Waals surface area contributed by atoms with E-state index in [1.165, 1.54) is 40.1 Å². The smallest absolute Gasteiger partial charge is 0.410 e. The van der Waals surface area contributed by atoms with E-state index in [9.17, 15) is 23.6 Å². The number of nitrogens with one attached hydrogen (secondary N) is 1. The zero-order chi connectivity index (χ0) is 33.3. The fourth-order valence-corrected chi connectivity index (χ4v) is 4.77. The van der Waals surface area contributed by atoms with E-state index in [4.69, 9.17) is 9.47 Å². The Labute approximate surface area is 262 Å². The lowest BCUT2D eigenvalue weighted by molar-refractivity contribution is 0.0219. The van der Waals surface area contributed by atoms with E-state index < -0.39 is 46.5 Å². The zero-order valence-electron chi connectivity index (χ0n) is 25.8. The molecule has 4 aromatic rings. The summed E-state index contributed by atoms with van der Waals surface area (Å²) in [5.74, 6) is -2.33. The molecule has 2 aromatic heterocycles. The molecule has 0 radical (unpaired) electrons. The average molecular weight is 635 g/mol. The van der Waals surface area contributed by atoms with Crippen LogP contribution in [0.5, 0.6) is 11.6 Å². The Balaban J connectivity index is 1.36. The van der Waals surface area contributed by atoms with E-state index in [0.29, 0.717) is 24.2 Å². The molecule has 240 valence electrons. The largest absolute Gasteiger partial charge is 0.444 e. The molecule has 1 aliphatic heterocycles. The Bertz CT molecular complexity index is 1930. The molecule has 0 atom stereocenters. The molecular weight excluding hydrogens is 602 g/mol. The van der Waals surface area contributed by atoms with E-state index in [1.54, 1.807) is 34.6 Å². The van der Waals surface area contributed by atoms with Crippen molar-refractivity contribution in [3.63, 3.8) is 0 Å². The third-order valence-corrected chi connectivity index (χ3v) is 7.02. The highest BCUT2D eigenvalue weighted by atomic mass is 19.1. The first-order valence-electron chi connectivity index (χ1n) is 14.5. The molecule has 0 aliphatic carbocycles. The number of halogens is 2. The first-order valence-corrected chi connectivity index (χ1v) is 14.5. The summed E-state index contributed by atoms with van der Waals surface area (Å²) >= 11 is 0. The van der Waals surface area contributed by atoms with Crippen molar-refractivity contribution < 1.29 is 27.8 Å². The van der Waals surface area contributed by atoms with Gasteiger partial charge in [0.25, 0.3) is 11.5 Å². The van der Waals surface area contributed by atoms with Gasteiger partial charge in [-0.1, -0.05) is 0 Å². The van der Waals surface area contributed by atoms with Gasteiger partial charge < -0.3 is 19.7 Å². The number of carbonyl (C=O) groups is 2. The maximum atomic E-state index is 15.2. The van der Waals surface area contributed by atoms with Crippen LogP contribution in [0, 0.1) is 11.6 Å². The molecule has 0 spiro atoms. The number of fused-ring (bicyclic) bond motifs is 1. The summed E-state index contributed by atoms with van der Waals surface area (Å²) in [6.45, 7) is 9.23. The SMILES string of the molecule is CC(C)n1cc(C(=O)Nc2ccc(Oc3ncnc4c3CCN(C(=O)OC(C)(C)C)C4)c(F)c2)c(=O)n(-c2ccc(F)cc2)c1=O. The summed E-state index contributed by atoms with van der Waals surface area (Å²) in [4.78, 5) is 62.1. The lowest BCUT2D eigenvalue weighted by Crippen LogP contribution is -2.42. The molecule has 5 rings (SSSR count). The van der Waals surface area contributed by atoms with Gasteiger partial charge in [0.15, 0.2) is 11.6 Å². The fourth-order valence-electron chi connectivity index (χ4n) is 4.77. The van der Waals surface area contributed by atoms with Crippen LogP contribution in [0.4, 0.5) is 19.3 Å². The molecule has 2 aromatic carbocycles. The van der Waals surface area contributed by atoms with E-state index in [1.807, 2.05) is 0 Å². The highest BCUT2D eigenvalue weighted by Crippen LogP contribution is 2.31. The van der Waals surface area contributed by atoms with Crippen LogP contribution in [0.2, 0.25) is 0 Å². The van der Waals surface area contributed by atoms with Crippen molar-refractivity contribution in [3.8, 4) is 17.3 Å². The van der Waals surface area contributed by atoms with Gasteiger partial charge in [0.2, 0.25) is 5.88 Å². The van der Waals surface area contributed by atoms with Crippen LogP contribution < -0.4 is 21.3 Å². The molecule has 2 amide bonds. The predicted octanol–water partition coefficient (Wildman–Crippen LogP) is 4.99. The molecule has 0 saturated carbocycles. The molecule has 0 unspecified atom stereocenters. The number of rotatable bonds is 6. The molecule has 0 saturated heterocycles. The van der Waals surface area contributed by atoms with E-state index >= 15 is 4.39 Å². The first-order chi connectivity index (χ1) is 21.7. The average Bonchev–Trinajstić information content (AvgIpc) is 2.98. The Morgan fingerprint density at radius 2 is 1.74 bits per heavy atom. The van der Waals surface area contributed by atoms with Gasteiger partial charge in [-0.3, -0.25) is 14.2 Å². The maximum Gasteiger partial charge on any atom is 0.410 e. The van der Waals surface area contributed by atoms with Crippen molar-refractivity contribution in [2.24, 2.45) is 0 Å². The minimum absolute atomic E-state index is 0.0163. The van der Waals surface area contributed by atoms with Crippen LogP contribution in [0.25, 0.3) is 5.69 Å². The summed E-state index contributed by atoms with van der Waals surface area (Å²) in [6, 6.07) is 7.96. The molecule has 46 heavy (non-hydrogen) atoms. The molecule has 0 fully saturated rings. The van der Waals surface area contributed by atoms with Crippen molar-refractivity contribution in [1.82, 2.24) is 24.0 Å². The number of hydrogen-bond acceptors (Lipinski definition) is 8. The van der Waals surface area contributed by atoms with Crippen LogP contribution in [0.1, 0.15) is 62.3 Å². The van der Waals surface area contributed by atoms with Crippen LogP contribution >= 0.6 is 0 Å². The number of hydrogen-bond donors (Lipinski definition) is 1. The van der Waals surface area contributed by atoms with Crippen LogP contribution in [-0.2, 0) is 17.7 Å². The Morgan fingerprint density at radius 1 is 1.02 bits per heavy atom. The molecule has 1 aliphatic rings. The minimum atomic E-state index is -0.926. The number of carbonyl (C=O) groups excluding carboxylic acids is 2. The van der Waals surface area contributed by atoms with E-state index in [2.05, 4.69) is 15.3 Å². The number of aromatic nitrogens is 4. The summed E-state index contributed by atoms with van der Waals surface area (Å²) in [5.41, 5.74) is -1.41. The minimum Gasteiger partial charge on any atom is -0.444 e. The number of ether oxygens (including phenoxy) is 2. The molecule has 1 N–H and O–H groups in total. The van der Waals surface area contributed by atoms with Gasteiger partial charge in [0.05, 0.1) is 17.9 Å². The van der Waals surface area contributed by atoms with Crippen molar-refractivity contribution in [3.05, 3.63) is 104 Å². The van der Waals surface area contributed by atoms with Crippen molar-refractivity contribution in [2.45, 2.75) is 59.2 Å². The van der Waals surface area contributed by atoms with Crippen molar-refractivity contribution in [2.75, 3.05) is 11.9 Å². The third kappa shape index (κ3) is 6.80. The zero-order valence-corrected chi connectivity index (χ0v) is 25.8. The number of amides is 2. The fraction of sp³-hybridized carbons (Fsp3) is 0.312. The van der Waals surface area contributed by atoms with Gasteiger partial charge in [0, 0.05) is 36.1 Å². The van der Waals surface area contributed by atoms with Gasteiger partial charge in [-0.15, -0.1) is 0 Å². The second-order valence-electron chi connectivity index (χ2n) is 11.9. The van der Waals surface area contributed by atoms with Gasteiger partial charge in [-0.2, -0.15) is 0 Å². The number of nitrogens with zero attached hydrogens (tertiary/aromatic N) is 5. The second kappa shape index (κ2) is 12.5. The Morgan fingerprint density at radius 3 is 2.39 bits per heavy atom. The number of benzene rings is 2. The molecular formula is C32H32F2N6O6. The number of anilines is 1. The van der Waals surface area contributed by atoms with Gasteiger partial charge in [0.1, 0.15) is 23.3 Å².